The monoisotopic (exact) mass is 394 g/mol. The summed E-state index contributed by atoms with van der Waals surface area (Å²) in [6.07, 6.45) is 4.26. The predicted molar refractivity (Wildman–Crippen MR) is 116 cm³/mol. The summed E-state index contributed by atoms with van der Waals surface area (Å²) in [4.78, 5) is 7.27. The van der Waals surface area contributed by atoms with Crippen molar-refractivity contribution in [2.75, 3.05) is 19.7 Å². The molecule has 1 aliphatic heterocycles. The van der Waals surface area contributed by atoms with Crippen LogP contribution in [-0.4, -0.2) is 34.7 Å². The molecule has 1 aromatic heterocycles. The number of hydrogen-bond donors (Lipinski definition) is 1. The van der Waals surface area contributed by atoms with Crippen LogP contribution in [0.15, 0.2) is 60.7 Å². The molecule has 4 rings (SSSR count). The number of pyridine rings is 1. The van der Waals surface area contributed by atoms with E-state index in [9.17, 15) is 5.11 Å². The van der Waals surface area contributed by atoms with Gasteiger partial charge in [-0.15, -0.1) is 0 Å². The van der Waals surface area contributed by atoms with E-state index in [2.05, 4.69) is 47.4 Å². The summed E-state index contributed by atoms with van der Waals surface area (Å²) in [5.41, 5.74) is 3.39. The Hall–Kier alpha value is -1.94. The van der Waals surface area contributed by atoms with Gasteiger partial charge in [-0.3, -0.25) is 9.88 Å². The van der Waals surface area contributed by atoms with Crippen molar-refractivity contribution in [2.45, 2.75) is 32.2 Å². The van der Waals surface area contributed by atoms with Gasteiger partial charge in [-0.1, -0.05) is 48.0 Å². The third kappa shape index (κ3) is 4.54. The Morgan fingerprint density at radius 1 is 1.07 bits per heavy atom. The van der Waals surface area contributed by atoms with Gasteiger partial charge in [-0.25, -0.2) is 0 Å². The van der Waals surface area contributed by atoms with E-state index in [0.29, 0.717) is 0 Å². The van der Waals surface area contributed by atoms with Gasteiger partial charge in [0.15, 0.2) is 0 Å². The van der Waals surface area contributed by atoms with Crippen LogP contribution in [0.2, 0.25) is 5.02 Å². The van der Waals surface area contributed by atoms with Gasteiger partial charge in [0.25, 0.3) is 0 Å². The first kappa shape index (κ1) is 19.4. The molecular formula is C24H27ClN2O. The van der Waals surface area contributed by atoms with Gasteiger partial charge < -0.3 is 5.11 Å². The molecule has 146 valence electrons. The zero-order chi connectivity index (χ0) is 19.4. The number of aliphatic hydroxyl groups is 1. The van der Waals surface area contributed by atoms with Gasteiger partial charge in [-0.05, 0) is 62.1 Å². The number of piperidine rings is 1. The summed E-state index contributed by atoms with van der Waals surface area (Å²) in [6.45, 7) is 3.07. The average molecular weight is 395 g/mol. The van der Waals surface area contributed by atoms with Crippen LogP contribution in [0.3, 0.4) is 0 Å². The molecule has 0 bridgehead atoms. The maximum atomic E-state index is 10.2. The van der Waals surface area contributed by atoms with Crippen LogP contribution >= 0.6 is 11.6 Å². The van der Waals surface area contributed by atoms with Gasteiger partial charge in [0.05, 0.1) is 11.2 Å². The Balaban J connectivity index is 1.44. The molecular weight excluding hydrogens is 368 g/mol. The van der Waals surface area contributed by atoms with Gasteiger partial charge in [0, 0.05) is 35.5 Å². The third-order valence-electron chi connectivity index (χ3n) is 5.96. The standard InChI is InChI=1S/C24H27ClN2O/c25-21-8-10-23-20(15-21)7-9-22(26-23)16-27-14-4-12-24(17-27,18-28)13-11-19-5-2-1-3-6-19/h1-3,5-10,15,28H,4,11-14,16-18H2. The van der Waals surface area contributed by atoms with Crippen molar-refractivity contribution in [3.05, 3.63) is 76.9 Å². The summed E-state index contributed by atoms with van der Waals surface area (Å²) in [5, 5.41) is 12.0. The van der Waals surface area contributed by atoms with Crippen LogP contribution in [-0.2, 0) is 13.0 Å². The van der Waals surface area contributed by atoms with E-state index in [1.165, 1.54) is 5.56 Å². The number of nitrogens with zero attached hydrogens (tertiary/aromatic N) is 2. The molecule has 1 saturated heterocycles. The second-order valence-electron chi connectivity index (χ2n) is 8.10. The van der Waals surface area contributed by atoms with Crippen molar-refractivity contribution in [2.24, 2.45) is 5.41 Å². The number of aliphatic hydroxyl groups excluding tert-OH is 1. The first-order valence-corrected chi connectivity index (χ1v) is 10.5. The maximum absolute atomic E-state index is 10.2. The summed E-state index contributed by atoms with van der Waals surface area (Å²) in [7, 11) is 0. The highest BCUT2D eigenvalue weighted by atomic mass is 35.5. The highest BCUT2D eigenvalue weighted by molar-refractivity contribution is 6.31. The largest absolute Gasteiger partial charge is 0.396 e. The zero-order valence-corrected chi connectivity index (χ0v) is 16.9. The molecule has 3 aromatic rings. The summed E-state index contributed by atoms with van der Waals surface area (Å²) in [6, 6.07) is 20.6. The summed E-state index contributed by atoms with van der Waals surface area (Å²) in [5.74, 6) is 0. The van der Waals surface area contributed by atoms with Crippen LogP contribution < -0.4 is 0 Å². The van der Waals surface area contributed by atoms with Gasteiger partial charge >= 0.3 is 0 Å². The van der Waals surface area contributed by atoms with Crippen LogP contribution in [0.25, 0.3) is 10.9 Å². The Morgan fingerprint density at radius 2 is 1.93 bits per heavy atom. The molecule has 3 nitrogen and oxygen atoms in total. The number of halogens is 1. The number of aryl methyl sites for hydroxylation is 1. The first-order chi connectivity index (χ1) is 13.7. The van der Waals surface area contributed by atoms with Crippen LogP contribution in [0.1, 0.15) is 30.5 Å². The number of likely N-dealkylation sites (tertiary alicyclic amines) is 1. The molecule has 28 heavy (non-hydrogen) atoms. The van der Waals surface area contributed by atoms with E-state index < -0.39 is 0 Å². The molecule has 0 amide bonds. The minimum absolute atomic E-state index is 0.0154. The van der Waals surface area contributed by atoms with Crippen molar-refractivity contribution in [1.82, 2.24) is 9.88 Å². The van der Waals surface area contributed by atoms with Crippen LogP contribution in [0, 0.1) is 5.41 Å². The molecule has 1 aliphatic rings. The van der Waals surface area contributed by atoms with Crippen molar-refractivity contribution in [3.8, 4) is 0 Å². The number of aromatic nitrogens is 1. The molecule has 1 unspecified atom stereocenters. The lowest BCUT2D eigenvalue weighted by molar-refractivity contribution is 0.0219. The molecule has 1 atom stereocenters. The number of fused-ring (bicyclic) bond motifs is 1. The van der Waals surface area contributed by atoms with Crippen LogP contribution in [0.4, 0.5) is 0 Å². The normalized spacial score (nSPS) is 20.5. The molecule has 1 N–H and O–H groups in total. The third-order valence-corrected chi connectivity index (χ3v) is 6.19. The van der Waals surface area contributed by atoms with E-state index in [-0.39, 0.29) is 12.0 Å². The van der Waals surface area contributed by atoms with E-state index in [1.54, 1.807) is 0 Å². The van der Waals surface area contributed by atoms with Crippen molar-refractivity contribution < 1.29 is 5.11 Å². The lowest BCUT2D eigenvalue weighted by Crippen LogP contribution is -2.45. The average Bonchev–Trinajstić information content (AvgIpc) is 2.73. The van der Waals surface area contributed by atoms with E-state index >= 15 is 0 Å². The molecule has 0 radical (unpaired) electrons. The second kappa shape index (κ2) is 8.60. The highest BCUT2D eigenvalue weighted by Crippen LogP contribution is 2.35. The smallest absolute Gasteiger partial charge is 0.0706 e. The van der Waals surface area contributed by atoms with E-state index in [1.807, 2.05) is 18.2 Å². The minimum Gasteiger partial charge on any atom is -0.396 e. The Kier molecular flexibility index (Phi) is 5.96. The van der Waals surface area contributed by atoms with E-state index in [4.69, 9.17) is 16.6 Å². The fourth-order valence-corrected chi connectivity index (χ4v) is 4.55. The molecule has 0 aliphatic carbocycles. The van der Waals surface area contributed by atoms with Gasteiger partial charge in [0.1, 0.15) is 0 Å². The Labute approximate surface area is 172 Å². The first-order valence-electron chi connectivity index (χ1n) is 10.1. The molecule has 2 heterocycles. The molecule has 2 aromatic carbocycles. The molecule has 4 heteroatoms. The van der Waals surface area contributed by atoms with Crippen molar-refractivity contribution in [3.63, 3.8) is 0 Å². The van der Waals surface area contributed by atoms with Crippen molar-refractivity contribution >= 4 is 22.5 Å². The van der Waals surface area contributed by atoms with Gasteiger partial charge in [-0.2, -0.15) is 0 Å². The maximum Gasteiger partial charge on any atom is 0.0706 e. The number of hydrogen-bond acceptors (Lipinski definition) is 3. The SMILES string of the molecule is OCC1(CCc2ccccc2)CCCN(Cc2ccc3cc(Cl)ccc3n2)C1. The molecule has 0 spiro atoms. The van der Waals surface area contributed by atoms with Gasteiger partial charge in [0.2, 0.25) is 0 Å². The lowest BCUT2D eigenvalue weighted by atomic mass is 9.76. The Bertz CT molecular complexity index is 930. The summed E-state index contributed by atoms with van der Waals surface area (Å²) < 4.78 is 0. The summed E-state index contributed by atoms with van der Waals surface area (Å²) >= 11 is 6.08. The highest BCUT2D eigenvalue weighted by Gasteiger charge is 2.34. The zero-order valence-electron chi connectivity index (χ0n) is 16.1. The fraction of sp³-hybridized carbons (Fsp3) is 0.375. The minimum atomic E-state index is -0.0154. The quantitative estimate of drug-likeness (QED) is 0.632. The van der Waals surface area contributed by atoms with E-state index in [0.717, 1.165) is 66.9 Å². The number of benzene rings is 2. The van der Waals surface area contributed by atoms with Crippen molar-refractivity contribution in [1.29, 1.82) is 0 Å². The number of rotatable bonds is 6. The molecule has 0 saturated carbocycles. The fourth-order valence-electron chi connectivity index (χ4n) is 4.37. The Morgan fingerprint density at radius 3 is 2.75 bits per heavy atom. The van der Waals surface area contributed by atoms with Crippen LogP contribution in [0.5, 0.6) is 0 Å². The molecule has 1 fully saturated rings. The second-order valence-corrected chi connectivity index (χ2v) is 8.53. The topological polar surface area (TPSA) is 36.4 Å². The predicted octanol–water partition coefficient (Wildman–Crippen LogP) is 5.10. The lowest BCUT2D eigenvalue weighted by Gasteiger charge is -2.42.